The highest BCUT2D eigenvalue weighted by Crippen LogP contribution is 2.13. The van der Waals surface area contributed by atoms with Gasteiger partial charge in [0.1, 0.15) is 12.4 Å². The molecule has 118 valence electrons. The van der Waals surface area contributed by atoms with Gasteiger partial charge in [-0.15, -0.1) is 0 Å². The lowest BCUT2D eigenvalue weighted by atomic mass is 10.2. The topological polar surface area (TPSA) is 63.6 Å². The summed E-state index contributed by atoms with van der Waals surface area (Å²) in [5.41, 5.74) is 2.61. The number of aliphatic hydroxyl groups is 1. The standard InChI is InChI=1S/C17H20O4S/c1-14-2-8-17(9-3-14)21-10-11-22(19,20)13-16-6-4-15(12-18)5-7-16/h2-9,18H,10-13H2,1H3. The van der Waals surface area contributed by atoms with Gasteiger partial charge in [0.05, 0.1) is 18.1 Å². The zero-order valence-electron chi connectivity index (χ0n) is 12.5. The Morgan fingerprint density at radius 2 is 1.55 bits per heavy atom. The Bertz CT molecular complexity index is 688. The third-order valence-corrected chi connectivity index (χ3v) is 4.84. The van der Waals surface area contributed by atoms with Crippen LogP contribution in [-0.4, -0.2) is 25.9 Å². The van der Waals surface area contributed by atoms with E-state index in [1.54, 1.807) is 24.3 Å². The summed E-state index contributed by atoms with van der Waals surface area (Å²) in [6.45, 7) is 2.08. The summed E-state index contributed by atoms with van der Waals surface area (Å²) >= 11 is 0. The first kappa shape index (κ1) is 16.5. The number of aryl methyl sites for hydroxylation is 1. The Morgan fingerprint density at radius 1 is 0.955 bits per heavy atom. The monoisotopic (exact) mass is 320 g/mol. The van der Waals surface area contributed by atoms with Crippen LogP contribution < -0.4 is 4.74 Å². The van der Waals surface area contributed by atoms with Gasteiger partial charge in [-0.2, -0.15) is 0 Å². The number of hydrogen-bond donors (Lipinski definition) is 1. The molecule has 0 amide bonds. The molecule has 0 spiro atoms. The summed E-state index contributed by atoms with van der Waals surface area (Å²) in [5.74, 6) is 0.631. The third-order valence-electron chi connectivity index (χ3n) is 3.28. The van der Waals surface area contributed by atoms with Crippen molar-refractivity contribution in [3.05, 3.63) is 65.2 Å². The zero-order valence-corrected chi connectivity index (χ0v) is 13.3. The molecule has 2 rings (SSSR count). The predicted octanol–water partition coefficient (Wildman–Crippen LogP) is 2.48. The normalized spacial score (nSPS) is 11.4. The van der Waals surface area contributed by atoms with Crippen molar-refractivity contribution in [2.75, 3.05) is 12.4 Å². The number of hydrogen-bond acceptors (Lipinski definition) is 4. The van der Waals surface area contributed by atoms with Gasteiger partial charge in [-0.25, -0.2) is 8.42 Å². The van der Waals surface area contributed by atoms with E-state index in [1.807, 2.05) is 31.2 Å². The van der Waals surface area contributed by atoms with E-state index in [2.05, 4.69) is 0 Å². The second kappa shape index (κ2) is 7.42. The highest BCUT2D eigenvalue weighted by molar-refractivity contribution is 7.90. The number of aliphatic hydroxyl groups excluding tert-OH is 1. The van der Waals surface area contributed by atoms with Crippen LogP contribution in [0, 0.1) is 6.92 Å². The number of ether oxygens (including phenoxy) is 1. The summed E-state index contributed by atoms with van der Waals surface area (Å²) in [4.78, 5) is 0. The minimum absolute atomic E-state index is 0.0179. The SMILES string of the molecule is Cc1ccc(OCCS(=O)(=O)Cc2ccc(CO)cc2)cc1. The van der Waals surface area contributed by atoms with Crippen LogP contribution >= 0.6 is 0 Å². The quantitative estimate of drug-likeness (QED) is 0.851. The van der Waals surface area contributed by atoms with Crippen LogP contribution in [0.3, 0.4) is 0 Å². The first-order valence-electron chi connectivity index (χ1n) is 7.07. The maximum absolute atomic E-state index is 12.1. The van der Waals surface area contributed by atoms with Crippen LogP contribution in [0.2, 0.25) is 0 Å². The highest BCUT2D eigenvalue weighted by Gasteiger charge is 2.12. The molecule has 2 aromatic rings. The summed E-state index contributed by atoms with van der Waals surface area (Å²) in [5, 5.41) is 8.97. The van der Waals surface area contributed by atoms with Gasteiger partial charge in [0.2, 0.25) is 0 Å². The Morgan fingerprint density at radius 3 is 2.14 bits per heavy atom. The highest BCUT2D eigenvalue weighted by atomic mass is 32.2. The van der Waals surface area contributed by atoms with E-state index in [-0.39, 0.29) is 24.7 Å². The molecule has 1 N–H and O–H groups in total. The van der Waals surface area contributed by atoms with Gasteiger partial charge in [-0.1, -0.05) is 42.0 Å². The van der Waals surface area contributed by atoms with Gasteiger partial charge < -0.3 is 9.84 Å². The molecule has 0 aromatic heterocycles. The van der Waals surface area contributed by atoms with Gasteiger partial charge in [0.25, 0.3) is 0 Å². The first-order chi connectivity index (χ1) is 10.5. The van der Waals surface area contributed by atoms with Gasteiger partial charge in [0.15, 0.2) is 9.84 Å². The molecular formula is C17H20O4S. The fourth-order valence-electron chi connectivity index (χ4n) is 1.99. The predicted molar refractivity (Wildman–Crippen MR) is 86.5 cm³/mol. The summed E-state index contributed by atoms with van der Waals surface area (Å²) in [7, 11) is -3.22. The minimum atomic E-state index is -3.22. The maximum atomic E-state index is 12.1. The Kier molecular flexibility index (Phi) is 5.57. The van der Waals surface area contributed by atoms with Gasteiger partial charge in [-0.3, -0.25) is 0 Å². The average Bonchev–Trinajstić information content (AvgIpc) is 2.49. The lowest BCUT2D eigenvalue weighted by molar-refractivity contribution is 0.282. The summed E-state index contributed by atoms with van der Waals surface area (Å²) in [6, 6.07) is 14.4. The van der Waals surface area contributed by atoms with Crippen LogP contribution in [-0.2, 0) is 22.2 Å². The van der Waals surface area contributed by atoms with Crippen molar-refractivity contribution in [1.29, 1.82) is 0 Å². The van der Waals surface area contributed by atoms with E-state index >= 15 is 0 Å². The molecule has 0 aliphatic rings. The van der Waals surface area contributed by atoms with Crippen molar-refractivity contribution in [3.63, 3.8) is 0 Å². The van der Waals surface area contributed by atoms with Crippen LogP contribution in [0.1, 0.15) is 16.7 Å². The van der Waals surface area contributed by atoms with Gasteiger partial charge >= 0.3 is 0 Å². The fourth-order valence-corrected chi connectivity index (χ4v) is 3.17. The molecule has 0 radical (unpaired) electrons. The van der Waals surface area contributed by atoms with Crippen molar-refractivity contribution in [3.8, 4) is 5.75 Å². The van der Waals surface area contributed by atoms with E-state index in [1.165, 1.54) is 0 Å². The Labute approximate surface area is 131 Å². The lowest BCUT2D eigenvalue weighted by Crippen LogP contribution is -2.16. The first-order valence-corrected chi connectivity index (χ1v) is 8.89. The minimum Gasteiger partial charge on any atom is -0.493 e. The molecule has 0 atom stereocenters. The smallest absolute Gasteiger partial charge is 0.157 e. The molecule has 0 heterocycles. The Balaban J connectivity index is 1.86. The van der Waals surface area contributed by atoms with E-state index in [4.69, 9.17) is 9.84 Å². The molecule has 5 heteroatoms. The molecule has 0 aliphatic heterocycles. The molecular weight excluding hydrogens is 300 g/mol. The summed E-state index contributed by atoms with van der Waals surface area (Å²) < 4.78 is 29.6. The van der Waals surface area contributed by atoms with E-state index in [0.717, 1.165) is 11.1 Å². The number of sulfone groups is 1. The zero-order chi connectivity index (χ0) is 16.0. The van der Waals surface area contributed by atoms with Crippen LogP contribution in [0.4, 0.5) is 0 Å². The van der Waals surface area contributed by atoms with E-state index in [9.17, 15) is 8.42 Å². The average molecular weight is 320 g/mol. The van der Waals surface area contributed by atoms with Crippen molar-refractivity contribution >= 4 is 9.84 Å². The van der Waals surface area contributed by atoms with Crippen LogP contribution in [0.15, 0.2) is 48.5 Å². The van der Waals surface area contributed by atoms with Crippen molar-refractivity contribution < 1.29 is 18.3 Å². The molecule has 22 heavy (non-hydrogen) atoms. The van der Waals surface area contributed by atoms with E-state index in [0.29, 0.717) is 11.3 Å². The second-order valence-corrected chi connectivity index (χ2v) is 7.41. The fraction of sp³-hybridized carbons (Fsp3) is 0.294. The van der Waals surface area contributed by atoms with Crippen LogP contribution in [0.25, 0.3) is 0 Å². The van der Waals surface area contributed by atoms with Gasteiger partial charge in [-0.05, 0) is 30.2 Å². The molecule has 2 aromatic carbocycles. The maximum Gasteiger partial charge on any atom is 0.157 e. The van der Waals surface area contributed by atoms with Gasteiger partial charge in [0, 0.05) is 0 Å². The molecule has 0 fully saturated rings. The lowest BCUT2D eigenvalue weighted by Gasteiger charge is -2.08. The Hall–Kier alpha value is -1.85. The molecule has 0 unspecified atom stereocenters. The largest absolute Gasteiger partial charge is 0.493 e. The second-order valence-electron chi connectivity index (χ2n) is 5.23. The van der Waals surface area contributed by atoms with Crippen LogP contribution in [0.5, 0.6) is 5.75 Å². The summed E-state index contributed by atoms with van der Waals surface area (Å²) in [6.07, 6.45) is 0. The van der Waals surface area contributed by atoms with E-state index < -0.39 is 9.84 Å². The molecule has 0 bridgehead atoms. The number of benzene rings is 2. The molecule has 0 saturated carbocycles. The van der Waals surface area contributed by atoms with Crippen molar-refractivity contribution in [2.24, 2.45) is 0 Å². The number of rotatable bonds is 7. The molecule has 0 saturated heterocycles. The van der Waals surface area contributed by atoms with Crippen molar-refractivity contribution in [2.45, 2.75) is 19.3 Å². The van der Waals surface area contributed by atoms with Crippen molar-refractivity contribution in [1.82, 2.24) is 0 Å². The molecule has 4 nitrogen and oxygen atoms in total. The molecule has 0 aliphatic carbocycles. The third kappa shape index (κ3) is 5.16.